The third-order valence-electron chi connectivity index (χ3n) is 2.98. The summed E-state index contributed by atoms with van der Waals surface area (Å²) in [6.07, 6.45) is 5.22. The van der Waals surface area contributed by atoms with E-state index in [-0.39, 0.29) is 6.04 Å². The number of ketones is 1. The van der Waals surface area contributed by atoms with Crippen molar-refractivity contribution in [3.63, 3.8) is 0 Å². The number of carbonyl (C=O) groups excluding carboxylic acids is 1. The van der Waals surface area contributed by atoms with Crippen LogP contribution < -0.4 is 4.90 Å². The van der Waals surface area contributed by atoms with Gasteiger partial charge in [-0.15, -0.1) is 0 Å². The minimum atomic E-state index is -0.434. The Hall–Kier alpha value is -1.52. The summed E-state index contributed by atoms with van der Waals surface area (Å²) in [7, 11) is 1.88. The first kappa shape index (κ1) is 11.0. The van der Waals surface area contributed by atoms with Crippen LogP contribution in [0.25, 0.3) is 0 Å². The molecule has 16 heavy (non-hydrogen) atoms. The second-order valence-electron chi connectivity index (χ2n) is 4.08. The van der Waals surface area contributed by atoms with Gasteiger partial charge in [0.1, 0.15) is 5.78 Å². The number of carbonyl (C=O) groups is 1. The maximum atomic E-state index is 12.7. The zero-order valence-electron chi connectivity index (χ0n) is 9.19. The molecule has 1 heterocycles. The highest BCUT2D eigenvalue weighted by Gasteiger charge is 2.23. The van der Waals surface area contributed by atoms with Crippen molar-refractivity contribution in [2.24, 2.45) is 0 Å². The van der Waals surface area contributed by atoms with E-state index in [4.69, 9.17) is 0 Å². The first-order valence-electron chi connectivity index (χ1n) is 5.39. The highest BCUT2D eigenvalue weighted by Crippen LogP contribution is 2.21. The third kappa shape index (κ3) is 2.35. The molecule has 4 nitrogen and oxygen atoms in total. The summed E-state index contributed by atoms with van der Waals surface area (Å²) < 4.78 is 12.7. The van der Waals surface area contributed by atoms with E-state index < -0.39 is 5.82 Å². The second-order valence-corrected chi connectivity index (χ2v) is 4.08. The standard InChI is InChI=1S/C11H14FN3O/c1-15(9-2-4-10(16)5-3-9)11-13-6-8(12)7-14-11/h6-7,9H,2-5H2,1H3. The van der Waals surface area contributed by atoms with Gasteiger partial charge in [0, 0.05) is 25.9 Å². The molecule has 0 aliphatic heterocycles. The van der Waals surface area contributed by atoms with E-state index >= 15 is 0 Å². The van der Waals surface area contributed by atoms with Crippen molar-refractivity contribution in [1.29, 1.82) is 0 Å². The van der Waals surface area contributed by atoms with Crippen LogP contribution in [0.1, 0.15) is 25.7 Å². The fraction of sp³-hybridized carbons (Fsp3) is 0.545. The van der Waals surface area contributed by atoms with Crippen LogP contribution in [-0.2, 0) is 4.79 Å². The van der Waals surface area contributed by atoms with E-state index in [2.05, 4.69) is 9.97 Å². The van der Waals surface area contributed by atoms with Gasteiger partial charge in [-0.3, -0.25) is 4.79 Å². The zero-order chi connectivity index (χ0) is 11.5. The van der Waals surface area contributed by atoms with Crippen LogP contribution in [0, 0.1) is 5.82 Å². The Morgan fingerprint density at radius 2 is 1.88 bits per heavy atom. The predicted octanol–water partition coefficient (Wildman–Crippen LogP) is 1.56. The molecule has 1 fully saturated rings. The molecule has 5 heteroatoms. The van der Waals surface area contributed by atoms with Crippen molar-refractivity contribution in [2.45, 2.75) is 31.7 Å². The number of Topliss-reactive ketones (excluding diaryl/α,β-unsaturated/α-hetero) is 1. The quantitative estimate of drug-likeness (QED) is 0.763. The minimum absolute atomic E-state index is 0.281. The van der Waals surface area contributed by atoms with Crippen molar-refractivity contribution >= 4 is 11.7 Å². The topological polar surface area (TPSA) is 46.1 Å². The molecule has 0 amide bonds. The van der Waals surface area contributed by atoms with Gasteiger partial charge in [0.15, 0.2) is 5.82 Å². The van der Waals surface area contributed by atoms with Gasteiger partial charge >= 0.3 is 0 Å². The number of hydrogen-bond acceptors (Lipinski definition) is 4. The molecule has 1 aromatic rings. The van der Waals surface area contributed by atoms with Crippen molar-refractivity contribution in [3.05, 3.63) is 18.2 Å². The third-order valence-corrected chi connectivity index (χ3v) is 2.98. The molecule has 0 atom stereocenters. The van der Waals surface area contributed by atoms with Crippen LogP contribution in [0.4, 0.5) is 10.3 Å². The second kappa shape index (κ2) is 4.55. The summed E-state index contributed by atoms with van der Waals surface area (Å²) in [5, 5.41) is 0. The maximum Gasteiger partial charge on any atom is 0.225 e. The molecule has 1 saturated carbocycles. The molecule has 1 aromatic heterocycles. The van der Waals surface area contributed by atoms with Crippen LogP contribution >= 0.6 is 0 Å². The van der Waals surface area contributed by atoms with Crippen LogP contribution in [0.5, 0.6) is 0 Å². The molecule has 0 aromatic carbocycles. The van der Waals surface area contributed by atoms with Gasteiger partial charge in [-0.25, -0.2) is 14.4 Å². The Morgan fingerprint density at radius 1 is 1.31 bits per heavy atom. The molecule has 2 rings (SSSR count). The molecule has 0 radical (unpaired) electrons. The lowest BCUT2D eigenvalue weighted by molar-refractivity contribution is -0.120. The Balaban J connectivity index is 2.04. The normalized spacial score (nSPS) is 17.5. The first-order valence-corrected chi connectivity index (χ1v) is 5.39. The van der Waals surface area contributed by atoms with Crippen molar-refractivity contribution in [1.82, 2.24) is 9.97 Å². The largest absolute Gasteiger partial charge is 0.341 e. The number of hydrogen-bond donors (Lipinski definition) is 0. The Morgan fingerprint density at radius 3 is 2.44 bits per heavy atom. The summed E-state index contributed by atoms with van der Waals surface area (Å²) in [6.45, 7) is 0. The van der Waals surface area contributed by atoms with Gasteiger partial charge in [-0.1, -0.05) is 0 Å². The smallest absolute Gasteiger partial charge is 0.225 e. The lowest BCUT2D eigenvalue weighted by atomic mass is 9.93. The van der Waals surface area contributed by atoms with E-state index in [1.54, 1.807) is 0 Å². The Bertz CT molecular complexity index is 369. The molecule has 1 aliphatic rings. The van der Waals surface area contributed by atoms with E-state index in [0.717, 1.165) is 25.2 Å². The van der Waals surface area contributed by atoms with Gasteiger partial charge in [-0.05, 0) is 12.8 Å². The number of halogens is 1. The van der Waals surface area contributed by atoms with Gasteiger partial charge < -0.3 is 4.90 Å². The average Bonchev–Trinajstić information content (AvgIpc) is 2.30. The first-order chi connectivity index (χ1) is 7.66. The summed E-state index contributed by atoms with van der Waals surface area (Å²) in [5.74, 6) is 0.404. The SMILES string of the molecule is CN(c1ncc(F)cn1)C1CCC(=O)CC1. The van der Waals surface area contributed by atoms with Crippen LogP contribution in [0.3, 0.4) is 0 Å². The minimum Gasteiger partial charge on any atom is -0.341 e. The highest BCUT2D eigenvalue weighted by molar-refractivity contribution is 5.79. The van der Waals surface area contributed by atoms with Gasteiger partial charge in [0.2, 0.25) is 5.95 Å². The summed E-state index contributed by atoms with van der Waals surface area (Å²) in [6, 6.07) is 0.281. The maximum absolute atomic E-state index is 12.7. The van der Waals surface area contributed by atoms with Crippen LogP contribution in [-0.4, -0.2) is 28.8 Å². The molecule has 86 valence electrons. The van der Waals surface area contributed by atoms with Crippen molar-refractivity contribution in [3.8, 4) is 0 Å². The summed E-state index contributed by atoms with van der Waals surface area (Å²) in [5.41, 5.74) is 0. The fourth-order valence-electron chi connectivity index (χ4n) is 1.96. The van der Waals surface area contributed by atoms with Crippen LogP contribution in [0.15, 0.2) is 12.4 Å². The van der Waals surface area contributed by atoms with E-state index in [9.17, 15) is 9.18 Å². The van der Waals surface area contributed by atoms with E-state index in [1.165, 1.54) is 0 Å². The van der Waals surface area contributed by atoms with E-state index in [0.29, 0.717) is 24.6 Å². The van der Waals surface area contributed by atoms with Crippen LogP contribution in [0.2, 0.25) is 0 Å². The van der Waals surface area contributed by atoms with Gasteiger partial charge in [0.05, 0.1) is 12.4 Å². The Kier molecular flexibility index (Phi) is 3.12. The number of nitrogens with zero attached hydrogens (tertiary/aromatic N) is 3. The molecule has 0 spiro atoms. The summed E-state index contributed by atoms with van der Waals surface area (Å²) in [4.78, 5) is 20.9. The lowest BCUT2D eigenvalue weighted by Crippen LogP contribution is -2.36. The number of anilines is 1. The monoisotopic (exact) mass is 223 g/mol. The molecule has 1 aliphatic carbocycles. The molecule has 0 saturated heterocycles. The van der Waals surface area contributed by atoms with Gasteiger partial charge in [-0.2, -0.15) is 0 Å². The number of rotatable bonds is 2. The summed E-state index contributed by atoms with van der Waals surface area (Å²) >= 11 is 0. The average molecular weight is 223 g/mol. The van der Waals surface area contributed by atoms with E-state index in [1.807, 2.05) is 11.9 Å². The Labute approximate surface area is 93.5 Å². The van der Waals surface area contributed by atoms with Crippen molar-refractivity contribution < 1.29 is 9.18 Å². The van der Waals surface area contributed by atoms with Crippen molar-refractivity contribution in [2.75, 3.05) is 11.9 Å². The van der Waals surface area contributed by atoms with Gasteiger partial charge in [0.25, 0.3) is 0 Å². The highest BCUT2D eigenvalue weighted by atomic mass is 19.1. The molecule has 0 N–H and O–H groups in total. The molecular weight excluding hydrogens is 209 g/mol. The molecule has 0 unspecified atom stereocenters. The predicted molar refractivity (Wildman–Crippen MR) is 57.7 cm³/mol. The molecule has 0 bridgehead atoms. The molecular formula is C11H14FN3O. The lowest BCUT2D eigenvalue weighted by Gasteiger charge is -2.30. The number of aromatic nitrogens is 2. The zero-order valence-corrected chi connectivity index (χ0v) is 9.19. The fourth-order valence-corrected chi connectivity index (χ4v) is 1.96.